The molecular formula is C12H12ClFN2O. The number of halogens is 2. The Morgan fingerprint density at radius 2 is 2.29 bits per heavy atom. The van der Waals surface area contributed by atoms with Gasteiger partial charge in [0.05, 0.1) is 6.07 Å². The number of carbonyl (C=O) groups excluding carboxylic acids is 1. The Morgan fingerprint density at radius 3 is 2.94 bits per heavy atom. The molecule has 0 heterocycles. The average molecular weight is 255 g/mol. The zero-order valence-corrected chi connectivity index (χ0v) is 10.1. The van der Waals surface area contributed by atoms with Crippen LogP contribution in [0.2, 0.25) is 5.02 Å². The molecule has 0 fully saturated rings. The predicted octanol–water partition coefficient (Wildman–Crippen LogP) is 2.36. The summed E-state index contributed by atoms with van der Waals surface area (Å²) in [4.78, 5) is 11.0. The van der Waals surface area contributed by atoms with Crippen LogP contribution in [-0.2, 0) is 11.2 Å². The number of hydrogen-bond donors (Lipinski definition) is 1. The van der Waals surface area contributed by atoms with Gasteiger partial charge in [0.15, 0.2) is 0 Å². The van der Waals surface area contributed by atoms with Gasteiger partial charge < -0.3 is 5.32 Å². The van der Waals surface area contributed by atoms with Gasteiger partial charge in [0, 0.05) is 11.6 Å². The highest BCUT2D eigenvalue weighted by atomic mass is 35.5. The van der Waals surface area contributed by atoms with E-state index in [1.807, 2.05) is 0 Å². The molecule has 0 spiro atoms. The van der Waals surface area contributed by atoms with Crippen molar-refractivity contribution in [3.8, 4) is 6.07 Å². The molecule has 0 saturated heterocycles. The predicted molar refractivity (Wildman–Crippen MR) is 63.1 cm³/mol. The zero-order valence-electron chi connectivity index (χ0n) is 9.39. The number of amides is 1. The fourth-order valence-electron chi connectivity index (χ4n) is 1.35. The molecule has 0 unspecified atom stereocenters. The number of nitriles is 1. The van der Waals surface area contributed by atoms with Crippen LogP contribution in [0.15, 0.2) is 12.1 Å². The fourth-order valence-corrected chi connectivity index (χ4v) is 1.66. The molecule has 0 aromatic heterocycles. The van der Waals surface area contributed by atoms with Gasteiger partial charge in [-0.1, -0.05) is 11.6 Å². The van der Waals surface area contributed by atoms with Crippen LogP contribution < -0.4 is 5.32 Å². The highest BCUT2D eigenvalue weighted by molar-refractivity contribution is 6.31. The molecule has 1 aromatic carbocycles. The summed E-state index contributed by atoms with van der Waals surface area (Å²) in [7, 11) is 0. The van der Waals surface area contributed by atoms with Gasteiger partial charge in [-0.05, 0) is 36.6 Å². The Labute approximate surface area is 104 Å². The molecule has 3 nitrogen and oxygen atoms in total. The van der Waals surface area contributed by atoms with Crippen LogP contribution in [0.5, 0.6) is 0 Å². The fraction of sp³-hybridized carbons (Fsp3) is 0.333. The van der Waals surface area contributed by atoms with Gasteiger partial charge in [-0.3, -0.25) is 4.79 Å². The largest absolute Gasteiger partial charge is 0.355 e. The topological polar surface area (TPSA) is 52.9 Å². The quantitative estimate of drug-likeness (QED) is 0.897. The molecule has 0 aliphatic heterocycles. The van der Waals surface area contributed by atoms with Gasteiger partial charge in [0.2, 0.25) is 5.91 Å². The van der Waals surface area contributed by atoms with Crippen molar-refractivity contribution in [1.82, 2.24) is 5.32 Å². The van der Waals surface area contributed by atoms with Gasteiger partial charge in [-0.2, -0.15) is 5.26 Å². The molecule has 1 N–H and O–H groups in total. The van der Waals surface area contributed by atoms with Gasteiger partial charge in [0.25, 0.3) is 0 Å². The Bertz CT molecular complexity index is 468. The maximum atomic E-state index is 13.3. The van der Waals surface area contributed by atoms with Crippen molar-refractivity contribution < 1.29 is 9.18 Å². The molecule has 0 atom stereocenters. The summed E-state index contributed by atoms with van der Waals surface area (Å²) < 4.78 is 13.3. The normalized spacial score (nSPS) is 9.76. The molecule has 1 rings (SSSR count). The first-order valence-electron chi connectivity index (χ1n) is 5.12. The van der Waals surface area contributed by atoms with Gasteiger partial charge in [-0.15, -0.1) is 0 Å². The molecule has 0 aliphatic carbocycles. The molecule has 0 saturated carbocycles. The Balaban J connectivity index is 2.56. The van der Waals surface area contributed by atoms with Crippen molar-refractivity contribution in [3.05, 3.63) is 34.1 Å². The smallest absolute Gasteiger partial charge is 0.234 e. The van der Waals surface area contributed by atoms with Crippen LogP contribution in [0.25, 0.3) is 0 Å². The summed E-state index contributed by atoms with van der Waals surface area (Å²) in [6.07, 6.45) is 0.267. The number of rotatable bonds is 4. The lowest BCUT2D eigenvalue weighted by molar-refractivity contribution is -0.120. The summed E-state index contributed by atoms with van der Waals surface area (Å²) in [5.74, 6) is -0.649. The Hall–Kier alpha value is -1.60. The van der Waals surface area contributed by atoms with Crippen molar-refractivity contribution >= 4 is 17.5 Å². The number of aryl methyl sites for hydroxylation is 1. The van der Waals surface area contributed by atoms with Crippen LogP contribution >= 0.6 is 11.6 Å². The molecular weight excluding hydrogens is 243 g/mol. The summed E-state index contributed by atoms with van der Waals surface area (Å²) in [5.41, 5.74) is 1.14. The van der Waals surface area contributed by atoms with Crippen molar-refractivity contribution in [2.75, 3.05) is 6.54 Å². The van der Waals surface area contributed by atoms with E-state index in [-0.39, 0.29) is 18.1 Å². The van der Waals surface area contributed by atoms with E-state index in [9.17, 15) is 9.18 Å². The van der Waals surface area contributed by atoms with Crippen molar-refractivity contribution in [1.29, 1.82) is 5.26 Å². The van der Waals surface area contributed by atoms with E-state index in [1.54, 1.807) is 19.1 Å². The van der Waals surface area contributed by atoms with Crippen LogP contribution in [0, 0.1) is 24.1 Å². The third-order valence-electron chi connectivity index (χ3n) is 2.28. The van der Waals surface area contributed by atoms with Crippen LogP contribution in [0.3, 0.4) is 0 Å². The third kappa shape index (κ3) is 4.04. The molecule has 90 valence electrons. The summed E-state index contributed by atoms with van der Waals surface area (Å²) >= 11 is 5.95. The molecule has 0 aliphatic rings. The molecule has 0 bridgehead atoms. The Morgan fingerprint density at radius 1 is 1.59 bits per heavy atom. The second-order valence-corrected chi connectivity index (χ2v) is 4.03. The van der Waals surface area contributed by atoms with E-state index in [4.69, 9.17) is 16.9 Å². The first-order chi connectivity index (χ1) is 8.04. The van der Waals surface area contributed by atoms with Gasteiger partial charge in [0.1, 0.15) is 12.2 Å². The number of benzene rings is 1. The van der Waals surface area contributed by atoms with E-state index in [1.165, 1.54) is 6.07 Å². The number of carbonyl (C=O) groups is 1. The first kappa shape index (κ1) is 13.5. The zero-order chi connectivity index (χ0) is 12.8. The maximum absolute atomic E-state index is 13.3. The average Bonchev–Trinajstić information content (AvgIpc) is 2.26. The second kappa shape index (κ2) is 6.21. The summed E-state index contributed by atoms with van der Waals surface area (Å²) in [5, 5.41) is 11.3. The highest BCUT2D eigenvalue weighted by Gasteiger charge is 2.06. The Kier molecular flexibility index (Phi) is 4.92. The minimum atomic E-state index is -0.337. The van der Waals surface area contributed by atoms with Crippen molar-refractivity contribution in [2.45, 2.75) is 19.8 Å². The van der Waals surface area contributed by atoms with E-state index in [2.05, 4.69) is 5.32 Å². The van der Waals surface area contributed by atoms with E-state index < -0.39 is 0 Å². The van der Waals surface area contributed by atoms with Crippen LogP contribution in [0.4, 0.5) is 4.39 Å². The number of hydrogen-bond acceptors (Lipinski definition) is 2. The lowest BCUT2D eigenvalue weighted by Gasteiger charge is -2.07. The van der Waals surface area contributed by atoms with Crippen LogP contribution in [0.1, 0.15) is 17.5 Å². The molecule has 0 radical (unpaired) electrons. The third-order valence-corrected chi connectivity index (χ3v) is 2.64. The summed E-state index contributed by atoms with van der Waals surface area (Å²) in [6.45, 7) is 1.97. The molecule has 17 heavy (non-hydrogen) atoms. The minimum absolute atomic E-state index is 0.171. The molecule has 1 amide bonds. The van der Waals surface area contributed by atoms with E-state index in [0.29, 0.717) is 29.1 Å². The van der Waals surface area contributed by atoms with Crippen molar-refractivity contribution in [2.24, 2.45) is 0 Å². The monoisotopic (exact) mass is 254 g/mol. The van der Waals surface area contributed by atoms with Gasteiger partial charge in [-0.25, -0.2) is 4.39 Å². The SMILES string of the molecule is Cc1cc(Cl)c(CCNC(=O)CC#N)cc1F. The highest BCUT2D eigenvalue weighted by Crippen LogP contribution is 2.20. The number of nitrogens with one attached hydrogen (secondary N) is 1. The van der Waals surface area contributed by atoms with Gasteiger partial charge >= 0.3 is 0 Å². The standard InChI is InChI=1S/C12H12ClFN2O/c1-8-6-10(13)9(7-11(8)14)3-5-16-12(17)2-4-15/h6-7H,2-3,5H2,1H3,(H,16,17). The van der Waals surface area contributed by atoms with Crippen LogP contribution in [-0.4, -0.2) is 12.5 Å². The second-order valence-electron chi connectivity index (χ2n) is 3.63. The first-order valence-corrected chi connectivity index (χ1v) is 5.50. The maximum Gasteiger partial charge on any atom is 0.234 e. The molecule has 5 heteroatoms. The van der Waals surface area contributed by atoms with Crippen molar-refractivity contribution in [3.63, 3.8) is 0 Å². The van der Waals surface area contributed by atoms with E-state index in [0.717, 1.165) is 0 Å². The lowest BCUT2D eigenvalue weighted by Crippen LogP contribution is -2.25. The van der Waals surface area contributed by atoms with E-state index >= 15 is 0 Å². The summed E-state index contributed by atoms with van der Waals surface area (Å²) in [6, 6.07) is 4.67. The minimum Gasteiger partial charge on any atom is -0.355 e. The molecule has 1 aromatic rings. The lowest BCUT2D eigenvalue weighted by atomic mass is 10.1. The number of nitrogens with zero attached hydrogens (tertiary/aromatic N) is 1.